The molecular formula is C27H31N5O2. The van der Waals surface area contributed by atoms with Crippen LogP contribution in [0.25, 0.3) is 11.2 Å². The summed E-state index contributed by atoms with van der Waals surface area (Å²) in [6.45, 7) is 8.25. The van der Waals surface area contributed by atoms with Crippen molar-refractivity contribution in [1.82, 2.24) is 18.7 Å². The van der Waals surface area contributed by atoms with Gasteiger partial charge in [0.25, 0.3) is 5.56 Å². The van der Waals surface area contributed by atoms with Gasteiger partial charge >= 0.3 is 5.69 Å². The molecule has 2 aromatic heterocycles. The second-order valence-corrected chi connectivity index (χ2v) is 9.64. The molecule has 0 fully saturated rings. The molecule has 0 aliphatic carbocycles. The Balaban J connectivity index is 1.59. The number of hydrogen-bond donors (Lipinski definition) is 0. The fraction of sp³-hybridized carbons (Fsp3) is 0.370. The van der Waals surface area contributed by atoms with Crippen molar-refractivity contribution >= 4 is 22.8 Å². The van der Waals surface area contributed by atoms with Gasteiger partial charge in [-0.3, -0.25) is 13.9 Å². The summed E-state index contributed by atoms with van der Waals surface area (Å²) in [6, 6.07) is 16.6. The summed E-state index contributed by atoms with van der Waals surface area (Å²) in [4.78, 5) is 33.7. The largest absolute Gasteiger partial charge is 0.332 e. The second kappa shape index (κ2) is 8.63. The lowest BCUT2D eigenvalue weighted by atomic mass is 10.1. The molecule has 4 aromatic rings. The van der Waals surface area contributed by atoms with Crippen molar-refractivity contribution < 1.29 is 0 Å². The average Bonchev–Trinajstić information content (AvgIpc) is 3.19. The lowest BCUT2D eigenvalue weighted by molar-refractivity contribution is 0.457. The van der Waals surface area contributed by atoms with Gasteiger partial charge in [0.2, 0.25) is 5.95 Å². The normalized spacial score (nSPS) is 15.6. The third-order valence-electron chi connectivity index (χ3n) is 6.65. The van der Waals surface area contributed by atoms with Crippen LogP contribution in [0.15, 0.2) is 58.1 Å². The van der Waals surface area contributed by atoms with Crippen LogP contribution < -0.4 is 16.1 Å². The highest BCUT2D eigenvalue weighted by Gasteiger charge is 2.30. The van der Waals surface area contributed by atoms with Gasteiger partial charge in [0.15, 0.2) is 11.2 Å². The lowest BCUT2D eigenvalue weighted by Crippen LogP contribution is -2.40. The van der Waals surface area contributed by atoms with E-state index in [1.165, 1.54) is 25.8 Å². The summed E-state index contributed by atoms with van der Waals surface area (Å²) in [7, 11) is 1.71. The molecule has 1 atom stereocenters. The van der Waals surface area contributed by atoms with E-state index in [9.17, 15) is 9.59 Å². The SMILES string of the molecule is Cc1cc(C)cc(N2C[C@@H](C)Cn3c2nc2c3c(=O)n(CCCc3ccccc3)c(=O)n2C)c1. The fourth-order valence-electron chi connectivity index (χ4n) is 5.11. The Labute approximate surface area is 198 Å². The molecule has 5 rings (SSSR count). The Morgan fingerprint density at radius 1 is 1.00 bits per heavy atom. The van der Waals surface area contributed by atoms with Gasteiger partial charge < -0.3 is 9.47 Å². The van der Waals surface area contributed by atoms with E-state index in [1.807, 2.05) is 22.8 Å². The number of rotatable bonds is 5. The van der Waals surface area contributed by atoms with Gasteiger partial charge in [0.1, 0.15) is 0 Å². The van der Waals surface area contributed by atoms with E-state index in [-0.39, 0.29) is 11.2 Å². The fourth-order valence-corrected chi connectivity index (χ4v) is 5.11. The Hall–Kier alpha value is -3.61. The first-order valence-corrected chi connectivity index (χ1v) is 11.9. The zero-order valence-electron chi connectivity index (χ0n) is 20.3. The Kier molecular flexibility index (Phi) is 5.63. The number of aromatic nitrogens is 4. The van der Waals surface area contributed by atoms with E-state index in [2.05, 4.69) is 56.0 Å². The zero-order chi connectivity index (χ0) is 24.0. The molecule has 3 heterocycles. The molecule has 0 amide bonds. The van der Waals surface area contributed by atoms with E-state index in [0.717, 1.165) is 31.0 Å². The van der Waals surface area contributed by atoms with Crippen LogP contribution in [0, 0.1) is 19.8 Å². The molecule has 0 saturated carbocycles. The van der Waals surface area contributed by atoms with E-state index < -0.39 is 0 Å². The first-order chi connectivity index (χ1) is 16.3. The number of hydrogen-bond acceptors (Lipinski definition) is 4. The van der Waals surface area contributed by atoms with Gasteiger partial charge in [-0.05, 0) is 61.4 Å². The van der Waals surface area contributed by atoms with Crippen LogP contribution in [0.2, 0.25) is 0 Å². The van der Waals surface area contributed by atoms with Crippen molar-refractivity contribution in [2.45, 2.75) is 46.7 Å². The molecule has 0 unspecified atom stereocenters. The molecule has 0 radical (unpaired) electrons. The van der Waals surface area contributed by atoms with Gasteiger partial charge in [-0.2, -0.15) is 4.98 Å². The van der Waals surface area contributed by atoms with Crippen LogP contribution >= 0.6 is 0 Å². The zero-order valence-corrected chi connectivity index (χ0v) is 20.3. The molecule has 2 aromatic carbocycles. The van der Waals surface area contributed by atoms with Crippen molar-refractivity contribution in [3.05, 3.63) is 86.1 Å². The lowest BCUT2D eigenvalue weighted by Gasteiger charge is -2.33. The first-order valence-electron chi connectivity index (χ1n) is 11.9. The Morgan fingerprint density at radius 3 is 2.41 bits per heavy atom. The smallest absolute Gasteiger partial charge is 0.312 e. The number of anilines is 2. The number of fused-ring (bicyclic) bond motifs is 3. The van der Waals surface area contributed by atoms with E-state index in [1.54, 1.807) is 7.05 Å². The van der Waals surface area contributed by atoms with Gasteiger partial charge in [-0.15, -0.1) is 0 Å². The maximum Gasteiger partial charge on any atom is 0.332 e. The van der Waals surface area contributed by atoms with Gasteiger partial charge in [0.05, 0.1) is 0 Å². The molecule has 0 saturated heterocycles. The highest BCUT2D eigenvalue weighted by molar-refractivity contribution is 5.77. The maximum absolute atomic E-state index is 13.6. The molecule has 1 aliphatic heterocycles. The Bertz CT molecular complexity index is 1460. The summed E-state index contributed by atoms with van der Waals surface area (Å²) >= 11 is 0. The summed E-state index contributed by atoms with van der Waals surface area (Å²) in [6.07, 6.45) is 1.53. The van der Waals surface area contributed by atoms with Crippen LogP contribution in [0.1, 0.15) is 30.0 Å². The summed E-state index contributed by atoms with van der Waals surface area (Å²) in [5.74, 6) is 1.06. The van der Waals surface area contributed by atoms with Crippen LogP contribution in [0.4, 0.5) is 11.6 Å². The maximum atomic E-state index is 13.6. The van der Waals surface area contributed by atoms with E-state index >= 15 is 0 Å². The first kappa shape index (κ1) is 22.2. The monoisotopic (exact) mass is 457 g/mol. The second-order valence-electron chi connectivity index (χ2n) is 9.64. The Morgan fingerprint density at radius 2 is 1.71 bits per heavy atom. The number of nitrogens with zero attached hydrogens (tertiary/aromatic N) is 5. The van der Waals surface area contributed by atoms with Gasteiger partial charge in [-0.1, -0.05) is 43.3 Å². The third kappa shape index (κ3) is 3.85. The molecule has 0 N–H and O–H groups in total. The molecule has 34 heavy (non-hydrogen) atoms. The summed E-state index contributed by atoms with van der Waals surface area (Å²) in [5, 5.41) is 0. The highest BCUT2D eigenvalue weighted by atomic mass is 16.2. The molecule has 7 nitrogen and oxygen atoms in total. The molecule has 0 bridgehead atoms. The quantitative estimate of drug-likeness (QED) is 0.455. The van der Waals surface area contributed by atoms with E-state index in [0.29, 0.717) is 30.2 Å². The van der Waals surface area contributed by atoms with Crippen molar-refractivity contribution in [2.75, 3.05) is 11.4 Å². The number of benzene rings is 2. The third-order valence-corrected chi connectivity index (χ3v) is 6.65. The van der Waals surface area contributed by atoms with Crippen LogP contribution in [-0.2, 0) is 26.6 Å². The minimum Gasteiger partial charge on any atom is -0.312 e. The molecule has 176 valence electrons. The minimum absolute atomic E-state index is 0.251. The van der Waals surface area contributed by atoms with E-state index in [4.69, 9.17) is 4.98 Å². The summed E-state index contributed by atoms with van der Waals surface area (Å²) < 4.78 is 4.91. The average molecular weight is 458 g/mol. The molecular weight excluding hydrogens is 426 g/mol. The van der Waals surface area contributed by atoms with Gasteiger partial charge in [-0.25, -0.2) is 4.79 Å². The van der Waals surface area contributed by atoms with Crippen LogP contribution in [0.3, 0.4) is 0 Å². The molecule has 7 heteroatoms. The summed E-state index contributed by atoms with van der Waals surface area (Å²) in [5.41, 5.74) is 5.03. The van der Waals surface area contributed by atoms with Crippen LogP contribution in [-0.4, -0.2) is 25.2 Å². The minimum atomic E-state index is -0.313. The topological polar surface area (TPSA) is 65.1 Å². The standard InChI is InChI=1S/C27H31N5O2/c1-18-13-19(2)15-22(14-18)31-16-20(3)17-32-23-24(28-26(31)32)29(4)27(34)30(25(23)33)12-8-11-21-9-6-5-7-10-21/h5-7,9-10,13-15,20H,8,11-12,16-17H2,1-4H3/t20-/m1/s1. The number of aryl methyl sites for hydroxylation is 4. The van der Waals surface area contributed by atoms with Crippen molar-refractivity contribution in [3.63, 3.8) is 0 Å². The molecule has 0 spiro atoms. The van der Waals surface area contributed by atoms with Crippen molar-refractivity contribution in [1.29, 1.82) is 0 Å². The van der Waals surface area contributed by atoms with Crippen molar-refractivity contribution in [2.24, 2.45) is 13.0 Å². The van der Waals surface area contributed by atoms with Gasteiger partial charge in [0, 0.05) is 32.4 Å². The number of imidazole rings is 1. The molecule has 1 aliphatic rings. The predicted molar refractivity (Wildman–Crippen MR) is 136 cm³/mol. The van der Waals surface area contributed by atoms with Crippen molar-refractivity contribution in [3.8, 4) is 0 Å². The predicted octanol–water partition coefficient (Wildman–Crippen LogP) is 3.93. The highest BCUT2D eigenvalue weighted by Crippen LogP contribution is 2.33. The van der Waals surface area contributed by atoms with Crippen LogP contribution in [0.5, 0.6) is 0 Å².